The predicted octanol–water partition coefficient (Wildman–Crippen LogP) is 9.00. The van der Waals surface area contributed by atoms with Gasteiger partial charge in [-0.2, -0.15) is 0 Å². The van der Waals surface area contributed by atoms with Crippen molar-refractivity contribution in [2.45, 2.75) is 0 Å². The van der Waals surface area contributed by atoms with Gasteiger partial charge in [-0.25, -0.2) is 0 Å². The molecule has 0 aliphatic heterocycles. The molecule has 0 unspecified atom stereocenters. The van der Waals surface area contributed by atoms with E-state index in [1.54, 1.807) is 0 Å². The summed E-state index contributed by atoms with van der Waals surface area (Å²) in [6.45, 7) is 0. The van der Waals surface area contributed by atoms with Gasteiger partial charge in [0.05, 0.1) is 11.0 Å². The van der Waals surface area contributed by atoms with Crippen LogP contribution in [0.25, 0.3) is 60.6 Å². The van der Waals surface area contributed by atoms with E-state index in [4.69, 9.17) is 16.0 Å². The molecule has 0 saturated carbocycles. The van der Waals surface area contributed by atoms with Crippen molar-refractivity contribution in [2.24, 2.45) is 0 Å². The van der Waals surface area contributed by atoms with E-state index in [1.807, 2.05) is 36.4 Å². The molecule has 0 aliphatic rings. The minimum atomic E-state index is 0.710. The average molecular weight is 444 g/mol. The van der Waals surface area contributed by atoms with Crippen molar-refractivity contribution in [3.8, 4) is 16.8 Å². The summed E-state index contributed by atoms with van der Waals surface area (Å²) in [6, 6.07) is 37.8. The number of fused-ring (bicyclic) bond motifs is 6. The normalized spacial score (nSPS) is 11.8. The molecule has 7 rings (SSSR count). The summed E-state index contributed by atoms with van der Waals surface area (Å²) < 4.78 is 8.31. The molecule has 0 fully saturated rings. The van der Waals surface area contributed by atoms with Crippen molar-refractivity contribution in [1.29, 1.82) is 0 Å². The lowest BCUT2D eigenvalue weighted by molar-refractivity contribution is 0.669. The van der Waals surface area contributed by atoms with Gasteiger partial charge in [0.25, 0.3) is 0 Å². The Kier molecular flexibility index (Phi) is 3.93. The quantitative estimate of drug-likeness (QED) is 0.260. The van der Waals surface area contributed by atoms with Crippen molar-refractivity contribution < 1.29 is 4.42 Å². The zero-order valence-corrected chi connectivity index (χ0v) is 18.4. The number of nitrogens with zero attached hydrogens (tertiary/aromatic N) is 1. The highest BCUT2D eigenvalue weighted by Gasteiger charge is 2.14. The molecule has 0 radical (unpaired) electrons. The molecule has 3 heteroatoms. The standard InChI is InChI=1S/C30H18ClNO/c31-21-15-20(19-13-14-30-26(17-19)25-9-3-6-12-29(25)33-30)16-22(18-21)32-27-10-4-1-7-23(27)24-8-2-5-11-28(24)32/h1-18H. The first kappa shape index (κ1) is 18.6. The highest BCUT2D eigenvalue weighted by atomic mass is 35.5. The molecule has 2 heterocycles. The van der Waals surface area contributed by atoms with Crippen LogP contribution >= 0.6 is 11.6 Å². The fraction of sp³-hybridized carbons (Fsp3) is 0. The summed E-state index contributed by atoms with van der Waals surface area (Å²) in [5, 5.41) is 5.42. The van der Waals surface area contributed by atoms with Crippen LogP contribution in [0.4, 0.5) is 0 Å². The topological polar surface area (TPSA) is 18.1 Å². The van der Waals surface area contributed by atoms with Crippen molar-refractivity contribution in [3.05, 3.63) is 114 Å². The summed E-state index contributed by atoms with van der Waals surface area (Å²) in [5.74, 6) is 0. The maximum Gasteiger partial charge on any atom is 0.135 e. The van der Waals surface area contributed by atoms with Crippen molar-refractivity contribution >= 4 is 55.3 Å². The monoisotopic (exact) mass is 443 g/mol. The minimum Gasteiger partial charge on any atom is -0.456 e. The molecule has 0 spiro atoms. The van der Waals surface area contributed by atoms with E-state index in [0.29, 0.717) is 5.02 Å². The SMILES string of the molecule is Clc1cc(-c2ccc3oc4ccccc4c3c2)cc(-n2c3ccccc3c3ccccc32)c1. The van der Waals surface area contributed by atoms with Gasteiger partial charge in [-0.05, 0) is 59.7 Å². The first-order valence-electron chi connectivity index (χ1n) is 11.0. The van der Waals surface area contributed by atoms with Gasteiger partial charge in [-0.3, -0.25) is 0 Å². The molecule has 2 aromatic heterocycles. The molecule has 2 nitrogen and oxygen atoms in total. The second-order valence-corrected chi connectivity index (χ2v) is 8.81. The second kappa shape index (κ2) is 6.99. The number of rotatable bonds is 2. The number of para-hydroxylation sites is 3. The van der Waals surface area contributed by atoms with Crippen molar-refractivity contribution in [3.63, 3.8) is 0 Å². The Bertz CT molecular complexity index is 1790. The molecule has 33 heavy (non-hydrogen) atoms. The lowest BCUT2D eigenvalue weighted by Gasteiger charge is -2.11. The lowest BCUT2D eigenvalue weighted by atomic mass is 10.0. The van der Waals surface area contributed by atoms with E-state index < -0.39 is 0 Å². The lowest BCUT2D eigenvalue weighted by Crippen LogP contribution is -1.94. The molecular weight excluding hydrogens is 426 g/mol. The highest BCUT2D eigenvalue weighted by molar-refractivity contribution is 6.31. The first-order chi connectivity index (χ1) is 16.3. The molecule has 0 N–H and O–H groups in total. The number of halogens is 1. The number of hydrogen-bond donors (Lipinski definition) is 0. The van der Waals surface area contributed by atoms with Crippen molar-refractivity contribution in [2.75, 3.05) is 0 Å². The smallest absolute Gasteiger partial charge is 0.135 e. The Hall–Kier alpha value is -4.01. The predicted molar refractivity (Wildman–Crippen MR) is 139 cm³/mol. The van der Waals surface area contributed by atoms with Gasteiger partial charge in [0.1, 0.15) is 11.2 Å². The van der Waals surface area contributed by atoms with Gasteiger partial charge in [0.15, 0.2) is 0 Å². The number of furan rings is 1. The molecule has 5 aromatic carbocycles. The zero-order valence-electron chi connectivity index (χ0n) is 17.6. The highest BCUT2D eigenvalue weighted by Crippen LogP contribution is 2.36. The van der Waals surface area contributed by atoms with Crippen LogP contribution in [0.1, 0.15) is 0 Å². The molecule has 0 atom stereocenters. The first-order valence-corrected chi connectivity index (χ1v) is 11.3. The van der Waals surface area contributed by atoms with Gasteiger partial charge in [0.2, 0.25) is 0 Å². The molecule has 7 aromatic rings. The number of hydrogen-bond acceptors (Lipinski definition) is 1. The summed E-state index contributed by atoms with van der Waals surface area (Å²) in [7, 11) is 0. The number of aromatic nitrogens is 1. The third kappa shape index (κ3) is 2.81. The van der Waals surface area contributed by atoms with E-state index in [0.717, 1.165) is 38.8 Å². The zero-order chi connectivity index (χ0) is 21.9. The fourth-order valence-electron chi connectivity index (χ4n) is 4.98. The maximum atomic E-state index is 6.68. The van der Waals surface area contributed by atoms with Crippen LogP contribution in [-0.2, 0) is 0 Å². The van der Waals surface area contributed by atoms with Crippen LogP contribution in [0.15, 0.2) is 114 Å². The third-order valence-corrected chi connectivity index (χ3v) is 6.65. The Morgan fingerprint density at radius 3 is 1.91 bits per heavy atom. The Morgan fingerprint density at radius 2 is 1.15 bits per heavy atom. The van der Waals surface area contributed by atoms with E-state index >= 15 is 0 Å². The largest absolute Gasteiger partial charge is 0.456 e. The average Bonchev–Trinajstić information content (AvgIpc) is 3.39. The van der Waals surface area contributed by atoms with Gasteiger partial charge in [-0.1, -0.05) is 72.3 Å². The van der Waals surface area contributed by atoms with Crippen LogP contribution < -0.4 is 0 Å². The van der Waals surface area contributed by atoms with E-state index in [9.17, 15) is 0 Å². The van der Waals surface area contributed by atoms with Gasteiger partial charge >= 0.3 is 0 Å². The van der Waals surface area contributed by atoms with Gasteiger partial charge in [-0.15, -0.1) is 0 Å². The molecule has 156 valence electrons. The number of benzene rings is 5. The Balaban J connectivity index is 1.48. The third-order valence-electron chi connectivity index (χ3n) is 6.43. The van der Waals surface area contributed by atoms with Crippen LogP contribution in [0, 0.1) is 0 Å². The molecule has 0 amide bonds. The van der Waals surface area contributed by atoms with Gasteiger partial charge in [0, 0.05) is 32.3 Å². The summed E-state index contributed by atoms with van der Waals surface area (Å²) in [4.78, 5) is 0. The Morgan fingerprint density at radius 1 is 0.515 bits per heavy atom. The van der Waals surface area contributed by atoms with Crippen LogP contribution in [0.2, 0.25) is 5.02 Å². The second-order valence-electron chi connectivity index (χ2n) is 8.38. The van der Waals surface area contributed by atoms with Crippen LogP contribution in [0.3, 0.4) is 0 Å². The summed E-state index contributed by atoms with van der Waals surface area (Å²) >= 11 is 6.68. The molecular formula is C30H18ClNO. The summed E-state index contributed by atoms with van der Waals surface area (Å²) in [5.41, 5.74) is 7.37. The molecule has 0 bridgehead atoms. The van der Waals surface area contributed by atoms with E-state index in [-0.39, 0.29) is 0 Å². The van der Waals surface area contributed by atoms with E-state index in [1.165, 1.54) is 21.8 Å². The minimum absolute atomic E-state index is 0.710. The summed E-state index contributed by atoms with van der Waals surface area (Å²) in [6.07, 6.45) is 0. The van der Waals surface area contributed by atoms with Gasteiger partial charge < -0.3 is 8.98 Å². The van der Waals surface area contributed by atoms with Crippen LogP contribution in [-0.4, -0.2) is 4.57 Å². The molecule has 0 saturated heterocycles. The fourth-order valence-corrected chi connectivity index (χ4v) is 5.21. The Labute approximate surface area is 195 Å². The van der Waals surface area contributed by atoms with E-state index in [2.05, 4.69) is 77.4 Å². The molecule has 0 aliphatic carbocycles. The van der Waals surface area contributed by atoms with Crippen LogP contribution in [0.5, 0.6) is 0 Å². The maximum absolute atomic E-state index is 6.68. The van der Waals surface area contributed by atoms with Crippen molar-refractivity contribution in [1.82, 2.24) is 4.57 Å².